The molecule has 1 fully saturated rings. The van der Waals surface area contributed by atoms with Gasteiger partial charge in [0.1, 0.15) is 5.82 Å². The molecule has 112 valence electrons. The van der Waals surface area contributed by atoms with E-state index in [1.165, 1.54) is 6.20 Å². The molecular weight excluding hydrogens is 280 g/mol. The van der Waals surface area contributed by atoms with Crippen molar-refractivity contribution in [3.63, 3.8) is 0 Å². The van der Waals surface area contributed by atoms with Crippen molar-refractivity contribution in [3.8, 4) is 0 Å². The molecule has 0 aromatic carbocycles. The first-order valence-corrected chi connectivity index (χ1v) is 8.17. The van der Waals surface area contributed by atoms with E-state index in [1.54, 1.807) is 4.90 Å². The summed E-state index contributed by atoms with van der Waals surface area (Å²) in [7, 11) is -3.65. The van der Waals surface area contributed by atoms with Gasteiger partial charge in [0, 0.05) is 31.5 Å². The maximum atomic E-state index is 12.2. The van der Waals surface area contributed by atoms with E-state index in [-0.39, 0.29) is 29.4 Å². The molecule has 1 amide bonds. The predicted molar refractivity (Wildman–Crippen MR) is 73.5 cm³/mol. The first kappa shape index (κ1) is 15.0. The monoisotopic (exact) mass is 300 g/mol. The Labute approximate surface area is 118 Å². The van der Waals surface area contributed by atoms with Gasteiger partial charge in [-0.25, -0.2) is 18.1 Å². The number of aromatic nitrogens is 2. The van der Waals surface area contributed by atoms with Crippen LogP contribution in [0.5, 0.6) is 0 Å². The second kappa shape index (κ2) is 5.53. The minimum absolute atomic E-state index is 0.0217. The molecule has 20 heavy (non-hydrogen) atoms. The van der Waals surface area contributed by atoms with Crippen LogP contribution in [-0.2, 0) is 21.2 Å². The van der Waals surface area contributed by atoms with Crippen molar-refractivity contribution >= 4 is 15.9 Å². The Morgan fingerprint density at radius 2 is 2.25 bits per heavy atom. The lowest BCUT2D eigenvalue weighted by Crippen LogP contribution is -2.38. The van der Waals surface area contributed by atoms with Crippen molar-refractivity contribution in [2.24, 2.45) is 0 Å². The molecule has 2 heterocycles. The van der Waals surface area contributed by atoms with E-state index in [2.05, 4.69) is 14.7 Å². The number of carbonyl (C=O) groups is 1. The molecule has 2 N–H and O–H groups in total. The van der Waals surface area contributed by atoms with E-state index in [9.17, 15) is 13.2 Å². The number of H-pyrrole nitrogens is 1. The SMILES string of the molecule is CCc1ncc(S(=O)(=O)NC2CC(=O)N(C(C)C)C2)[nH]1. The van der Waals surface area contributed by atoms with Gasteiger partial charge in [0.05, 0.1) is 6.20 Å². The summed E-state index contributed by atoms with van der Waals surface area (Å²) in [6, 6.07) is -0.306. The van der Waals surface area contributed by atoms with Crippen molar-refractivity contribution in [1.29, 1.82) is 0 Å². The third kappa shape index (κ3) is 3.01. The van der Waals surface area contributed by atoms with Crippen LogP contribution in [0, 0.1) is 0 Å². The Bertz CT molecular complexity index is 594. The first-order chi connectivity index (χ1) is 9.33. The van der Waals surface area contributed by atoms with Crippen LogP contribution in [0.1, 0.15) is 33.0 Å². The molecule has 1 unspecified atom stereocenters. The van der Waals surface area contributed by atoms with E-state index < -0.39 is 10.0 Å². The van der Waals surface area contributed by atoms with Gasteiger partial charge >= 0.3 is 0 Å². The third-order valence-electron chi connectivity index (χ3n) is 3.33. The van der Waals surface area contributed by atoms with Crippen LogP contribution in [0.2, 0.25) is 0 Å². The summed E-state index contributed by atoms with van der Waals surface area (Å²) < 4.78 is 26.9. The highest BCUT2D eigenvalue weighted by Gasteiger charge is 2.34. The number of sulfonamides is 1. The van der Waals surface area contributed by atoms with Gasteiger partial charge in [-0.1, -0.05) is 6.92 Å². The molecule has 0 spiro atoms. The summed E-state index contributed by atoms with van der Waals surface area (Å²) >= 11 is 0. The van der Waals surface area contributed by atoms with Crippen molar-refractivity contribution in [2.45, 2.75) is 50.7 Å². The summed E-state index contributed by atoms with van der Waals surface area (Å²) in [6.07, 6.45) is 2.14. The molecule has 2 rings (SSSR count). The maximum Gasteiger partial charge on any atom is 0.257 e. The second-order valence-corrected chi connectivity index (χ2v) is 6.89. The summed E-state index contributed by atoms with van der Waals surface area (Å²) in [5, 5.41) is 0.0461. The quantitative estimate of drug-likeness (QED) is 0.815. The van der Waals surface area contributed by atoms with Gasteiger partial charge in [-0.2, -0.15) is 0 Å². The van der Waals surface area contributed by atoms with Gasteiger partial charge in [0.2, 0.25) is 5.91 Å². The van der Waals surface area contributed by atoms with E-state index >= 15 is 0 Å². The standard InChI is InChI=1S/C12H20N4O3S/c1-4-10-13-6-11(14-10)20(18,19)15-9-5-12(17)16(7-9)8(2)3/h6,8-9,15H,4-5,7H2,1-3H3,(H,13,14). The maximum absolute atomic E-state index is 12.2. The van der Waals surface area contributed by atoms with Crippen LogP contribution in [0.25, 0.3) is 0 Å². The number of hydrogen-bond acceptors (Lipinski definition) is 4. The molecular formula is C12H20N4O3S. The smallest absolute Gasteiger partial charge is 0.257 e. The van der Waals surface area contributed by atoms with Gasteiger partial charge in [-0.05, 0) is 13.8 Å². The summed E-state index contributed by atoms with van der Waals surface area (Å²) in [5.41, 5.74) is 0. The molecule has 0 bridgehead atoms. The second-order valence-electron chi connectivity index (χ2n) is 5.21. The van der Waals surface area contributed by atoms with Gasteiger partial charge < -0.3 is 9.88 Å². The van der Waals surface area contributed by atoms with Crippen LogP contribution in [0.15, 0.2) is 11.2 Å². The molecule has 0 aliphatic carbocycles. The molecule has 1 aliphatic rings. The number of nitrogens with zero attached hydrogens (tertiary/aromatic N) is 2. The summed E-state index contributed by atoms with van der Waals surface area (Å²) in [5.74, 6) is 0.600. The van der Waals surface area contributed by atoms with Crippen LogP contribution in [0.4, 0.5) is 0 Å². The lowest BCUT2D eigenvalue weighted by atomic mass is 10.3. The summed E-state index contributed by atoms with van der Waals surface area (Å²) in [6.45, 7) is 6.12. The van der Waals surface area contributed by atoms with E-state index in [4.69, 9.17) is 0 Å². The molecule has 0 saturated carbocycles. The number of amides is 1. The molecule has 1 aromatic heterocycles. The number of nitrogens with one attached hydrogen (secondary N) is 2. The van der Waals surface area contributed by atoms with Gasteiger partial charge in [-0.3, -0.25) is 4.79 Å². The fraction of sp³-hybridized carbons (Fsp3) is 0.667. The van der Waals surface area contributed by atoms with Crippen molar-refractivity contribution in [1.82, 2.24) is 19.6 Å². The van der Waals surface area contributed by atoms with Crippen LogP contribution in [-0.4, -0.2) is 47.8 Å². The Kier molecular flexibility index (Phi) is 4.14. The fourth-order valence-corrected chi connectivity index (χ4v) is 3.42. The summed E-state index contributed by atoms with van der Waals surface area (Å²) in [4.78, 5) is 20.2. The predicted octanol–water partition coefficient (Wildman–Crippen LogP) is 0.260. The van der Waals surface area contributed by atoms with Crippen molar-refractivity contribution < 1.29 is 13.2 Å². The topological polar surface area (TPSA) is 95.2 Å². The Morgan fingerprint density at radius 3 is 2.75 bits per heavy atom. The Morgan fingerprint density at radius 1 is 1.55 bits per heavy atom. The molecule has 8 heteroatoms. The lowest BCUT2D eigenvalue weighted by Gasteiger charge is -2.21. The van der Waals surface area contributed by atoms with E-state index in [0.29, 0.717) is 18.8 Å². The van der Waals surface area contributed by atoms with Crippen LogP contribution >= 0.6 is 0 Å². The van der Waals surface area contributed by atoms with E-state index in [1.807, 2.05) is 20.8 Å². The average molecular weight is 300 g/mol. The number of imidazole rings is 1. The van der Waals surface area contributed by atoms with Gasteiger partial charge in [-0.15, -0.1) is 0 Å². The molecule has 1 aromatic rings. The van der Waals surface area contributed by atoms with Crippen LogP contribution in [0.3, 0.4) is 0 Å². The third-order valence-corrected chi connectivity index (χ3v) is 4.76. The minimum Gasteiger partial charge on any atom is -0.339 e. The minimum atomic E-state index is -3.65. The van der Waals surface area contributed by atoms with Gasteiger partial charge in [0.25, 0.3) is 10.0 Å². The molecule has 1 saturated heterocycles. The largest absolute Gasteiger partial charge is 0.339 e. The Hall–Kier alpha value is -1.41. The zero-order valence-electron chi connectivity index (χ0n) is 11.9. The zero-order valence-corrected chi connectivity index (χ0v) is 12.7. The lowest BCUT2D eigenvalue weighted by molar-refractivity contribution is -0.129. The normalized spacial score (nSPS) is 20.1. The molecule has 7 nitrogen and oxygen atoms in total. The molecule has 1 atom stereocenters. The highest BCUT2D eigenvalue weighted by atomic mass is 32.2. The molecule has 1 aliphatic heterocycles. The van der Waals surface area contributed by atoms with Crippen LogP contribution < -0.4 is 4.72 Å². The fourth-order valence-electron chi connectivity index (χ4n) is 2.25. The first-order valence-electron chi connectivity index (χ1n) is 6.69. The highest BCUT2D eigenvalue weighted by Crippen LogP contribution is 2.16. The number of carbonyl (C=O) groups excluding carboxylic acids is 1. The van der Waals surface area contributed by atoms with Gasteiger partial charge in [0.15, 0.2) is 5.03 Å². The number of hydrogen-bond donors (Lipinski definition) is 2. The Balaban J connectivity index is 2.08. The molecule has 0 radical (unpaired) electrons. The zero-order chi connectivity index (χ0) is 14.9. The van der Waals surface area contributed by atoms with Crippen molar-refractivity contribution in [2.75, 3.05) is 6.54 Å². The van der Waals surface area contributed by atoms with E-state index in [0.717, 1.165) is 0 Å². The number of rotatable bonds is 5. The van der Waals surface area contributed by atoms with Crippen molar-refractivity contribution in [3.05, 3.63) is 12.0 Å². The number of aromatic amines is 1. The average Bonchev–Trinajstić information content (AvgIpc) is 2.95. The number of aryl methyl sites for hydroxylation is 1. The number of likely N-dealkylation sites (tertiary alicyclic amines) is 1. The highest BCUT2D eigenvalue weighted by molar-refractivity contribution is 7.89.